The summed E-state index contributed by atoms with van der Waals surface area (Å²) in [4.78, 5) is 35.6. The van der Waals surface area contributed by atoms with Crippen molar-refractivity contribution in [2.75, 3.05) is 37.6 Å². The Hall–Kier alpha value is -3.65. The van der Waals surface area contributed by atoms with E-state index in [4.69, 9.17) is 4.74 Å². The number of para-hydroxylation sites is 1. The third-order valence-corrected chi connectivity index (χ3v) is 6.27. The van der Waals surface area contributed by atoms with Crippen molar-refractivity contribution < 1.29 is 14.3 Å². The van der Waals surface area contributed by atoms with Gasteiger partial charge in [0, 0.05) is 64.1 Å². The first-order chi connectivity index (χ1) is 16.1. The van der Waals surface area contributed by atoms with Gasteiger partial charge in [-0.05, 0) is 36.4 Å². The summed E-state index contributed by atoms with van der Waals surface area (Å²) in [6.07, 6.45) is 3.89. The van der Waals surface area contributed by atoms with Crippen molar-refractivity contribution in [1.82, 2.24) is 19.4 Å². The molecule has 5 rings (SSSR count). The number of anilines is 1. The molecule has 8 heteroatoms. The van der Waals surface area contributed by atoms with Crippen molar-refractivity contribution in [3.05, 3.63) is 72.8 Å². The first-order valence-electron chi connectivity index (χ1n) is 11.2. The summed E-state index contributed by atoms with van der Waals surface area (Å²) in [6.45, 7) is 3.46. The number of ether oxygens (including phenoxy) is 1. The van der Waals surface area contributed by atoms with Crippen molar-refractivity contribution in [3.8, 4) is 11.5 Å². The zero-order chi connectivity index (χ0) is 22.8. The highest BCUT2D eigenvalue weighted by Crippen LogP contribution is 2.28. The number of carbonyl (C=O) groups is 2. The maximum atomic E-state index is 12.8. The summed E-state index contributed by atoms with van der Waals surface area (Å²) >= 11 is 0. The highest BCUT2D eigenvalue weighted by atomic mass is 16.5. The fourth-order valence-corrected chi connectivity index (χ4v) is 4.48. The van der Waals surface area contributed by atoms with Crippen LogP contribution in [-0.2, 0) is 11.8 Å². The van der Waals surface area contributed by atoms with Gasteiger partial charge in [-0.2, -0.15) is 0 Å². The summed E-state index contributed by atoms with van der Waals surface area (Å²) in [5, 5.41) is 0. The van der Waals surface area contributed by atoms with Crippen molar-refractivity contribution in [1.29, 1.82) is 0 Å². The van der Waals surface area contributed by atoms with Crippen LogP contribution in [-0.4, -0.2) is 69.9 Å². The molecule has 0 bridgehead atoms. The summed E-state index contributed by atoms with van der Waals surface area (Å²) < 4.78 is 7.63. The smallest absolute Gasteiger partial charge is 0.274 e. The van der Waals surface area contributed by atoms with Gasteiger partial charge < -0.3 is 19.1 Å². The molecule has 2 aliphatic rings. The largest absolute Gasteiger partial charge is 0.457 e. The Morgan fingerprint density at radius 2 is 1.67 bits per heavy atom. The highest BCUT2D eigenvalue weighted by molar-refractivity contribution is 5.96. The van der Waals surface area contributed by atoms with E-state index in [2.05, 4.69) is 9.88 Å². The second-order valence-electron chi connectivity index (χ2n) is 8.52. The van der Waals surface area contributed by atoms with E-state index >= 15 is 0 Å². The number of benzene rings is 2. The van der Waals surface area contributed by atoms with Gasteiger partial charge in [-0.15, -0.1) is 0 Å². The Morgan fingerprint density at radius 3 is 2.33 bits per heavy atom. The van der Waals surface area contributed by atoms with Crippen molar-refractivity contribution >= 4 is 17.5 Å². The van der Waals surface area contributed by atoms with Gasteiger partial charge >= 0.3 is 0 Å². The minimum Gasteiger partial charge on any atom is -0.457 e. The molecule has 2 amide bonds. The van der Waals surface area contributed by atoms with Crippen LogP contribution >= 0.6 is 0 Å². The Kier molecular flexibility index (Phi) is 5.83. The number of imidazole rings is 1. The number of hydrogen-bond donors (Lipinski definition) is 0. The maximum absolute atomic E-state index is 12.8. The molecule has 1 aromatic heterocycles. The topological polar surface area (TPSA) is 70.9 Å². The van der Waals surface area contributed by atoms with E-state index in [0.29, 0.717) is 31.7 Å². The van der Waals surface area contributed by atoms with Crippen molar-refractivity contribution in [3.63, 3.8) is 0 Å². The Balaban J connectivity index is 1.17. The van der Waals surface area contributed by atoms with E-state index in [0.717, 1.165) is 30.3 Å². The maximum Gasteiger partial charge on any atom is 0.274 e. The average Bonchev–Trinajstić information content (AvgIpc) is 3.46. The summed E-state index contributed by atoms with van der Waals surface area (Å²) in [7, 11) is 1.86. The lowest BCUT2D eigenvalue weighted by molar-refractivity contribution is -0.117. The minimum atomic E-state index is -0.0304. The van der Waals surface area contributed by atoms with Crippen molar-refractivity contribution in [2.24, 2.45) is 7.05 Å². The van der Waals surface area contributed by atoms with Crippen LogP contribution in [0.5, 0.6) is 11.5 Å². The third kappa shape index (κ3) is 4.61. The molecular formula is C25H27N5O3. The molecule has 170 valence electrons. The van der Waals surface area contributed by atoms with Crippen LogP contribution in [0.1, 0.15) is 16.9 Å². The molecule has 0 saturated carbocycles. The fraction of sp³-hybridized carbons (Fsp3) is 0.320. The van der Waals surface area contributed by atoms with Gasteiger partial charge in [0.25, 0.3) is 5.91 Å². The first kappa shape index (κ1) is 21.2. The molecule has 2 aromatic carbocycles. The van der Waals surface area contributed by atoms with E-state index < -0.39 is 0 Å². The van der Waals surface area contributed by atoms with Crippen LogP contribution in [0.2, 0.25) is 0 Å². The van der Waals surface area contributed by atoms with E-state index in [9.17, 15) is 9.59 Å². The van der Waals surface area contributed by atoms with Gasteiger partial charge in [-0.25, -0.2) is 4.98 Å². The van der Waals surface area contributed by atoms with Crippen molar-refractivity contribution in [2.45, 2.75) is 12.5 Å². The van der Waals surface area contributed by atoms with Crippen LogP contribution in [0.25, 0.3) is 0 Å². The monoisotopic (exact) mass is 445 g/mol. The Morgan fingerprint density at radius 1 is 0.970 bits per heavy atom. The van der Waals surface area contributed by atoms with Gasteiger partial charge in [0.1, 0.15) is 17.2 Å². The lowest BCUT2D eigenvalue weighted by Crippen LogP contribution is -2.52. The lowest BCUT2D eigenvalue weighted by Gasteiger charge is -2.37. The van der Waals surface area contributed by atoms with Gasteiger partial charge in [0.2, 0.25) is 5.91 Å². The number of rotatable bonds is 5. The normalized spacial score (nSPS) is 19.2. The fourth-order valence-electron chi connectivity index (χ4n) is 4.48. The molecule has 33 heavy (non-hydrogen) atoms. The van der Waals surface area contributed by atoms with Crippen LogP contribution in [0.15, 0.2) is 67.1 Å². The van der Waals surface area contributed by atoms with E-state index in [-0.39, 0.29) is 17.9 Å². The molecular weight excluding hydrogens is 418 g/mol. The molecule has 2 saturated heterocycles. The number of aryl methyl sites for hydroxylation is 1. The standard InChI is InChI=1S/C25H27N5O3/c1-27-17-23(26-18-27)25(32)29-13-11-28(12-14-29)20-15-24(31)30(16-20)19-7-9-22(10-8-19)33-21-5-3-2-4-6-21/h2-10,17-18,20H,11-16H2,1H3. The quantitative estimate of drug-likeness (QED) is 0.604. The van der Waals surface area contributed by atoms with Gasteiger partial charge in [-0.1, -0.05) is 18.2 Å². The predicted octanol–water partition coefficient (Wildman–Crippen LogP) is 2.78. The number of hydrogen-bond acceptors (Lipinski definition) is 5. The molecule has 0 N–H and O–H groups in total. The van der Waals surface area contributed by atoms with Gasteiger partial charge in [0.15, 0.2) is 0 Å². The number of amides is 2. The second-order valence-corrected chi connectivity index (χ2v) is 8.52. The molecule has 2 aliphatic heterocycles. The van der Waals surface area contributed by atoms with E-state index in [1.165, 1.54) is 0 Å². The number of nitrogens with zero attached hydrogens (tertiary/aromatic N) is 5. The summed E-state index contributed by atoms with van der Waals surface area (Å²) in [5.41, 5.74) is 1.36. The molecule has 0 radical (unpaired) electrons. The number of carbonyl (C=O) groups excluding carboxylic acids is 2. The Labute approximate surface area is 193 Å². The molecule has 8 nitrogen and oxygen atoms in total. The third-order valence-electron chi connectivity index (χ3n) is 6.27. The van der Waals surface area contributed by atoms with Crippen LogP contribution in [0, 0.1) is 0 Å². The molecule has 1 atom stereocenters. The van der Waals surface area contributed by atoms with Gasteiger partial charge in [0.05, 0.1) is 6.33 Å². The van der Waals surface area contributed by atoms with Crippen LogP contribution in [0.4, 0.5) is 5.69 Å². The first-order valence-corrected chi connectivity index (χ1v) is 11.2. The average molecular weight is 446 g/mol. The predicted molar refractivity (Wildman–Crippen MR) is 124 cm³/mol. The SMILES string of the molecule is Cn1cnc(C(=O)N2CCN(C3CC(=O)N(c4ccc(Oc5ccccc5)cc4)C3)CC2)c1. The van der Waals surface area contributed by atoms with Gasteiger partial charge in [-0.3, -0.25) is 14.5 Å². The number of aromatic nitrogens is 2. The molecule has 0 spiro atoms. The lowest BCUT2D eigenvalue weighted by atomic mass is 10.2. The zero-order valence-corrected chi connectivity index (χ0v) is 18.6. The molecule has 3 aromatic rings. The summed E-state index contributed by atoms with van der Waals surface area (Å²) in [6, 6.07) is 17.4. The molecule has 1 unspecified atom stereocenters. The zero-order valence-electron chi connectivity index (χ0n) is 18.6. The van der Waals surface area contributed by atoms with E-state index in [1.54, 1.807) is 17.1 Å². The highest BCUT2D eigenvalue weighted by Gasteiger charge is 2.36. The van der Waals surface area contributed by atoms with E-state index in [1.807, 2.05) is 71.4 Å². The number of piperazine rings is 1. The minimum absolute atomic E-state index is 0.0304. The molecule has 0 aliphatic carbocycles. The summed E-state index contributed by atoms with van der Waals surface area (Å²) in [5.74, 6) is 1.62. The Bertz CT molecular complexity index is 1120. The second kappa shape index (κ2) is 9.07. The van der Waals surface area contributed by atoms with Crippen LogP contribution in [0.3, 0.4) is 0 Å². The molecule has 2 fully saturated rings. The molecule has 3 heterocycles. The van der Waals surface area contributed by atoms with Crippen LogP contribution < -0.4 is 9.64 Å².